The van der Waals surface area contributed by atoms with E-state index < -0.39 is 0 Å². The summed E-state index contributed by atoms with van der Waals surface area (Å²) in [5.41, 5.74) is 1.69. The summed E-state index contributed by atoms with van der Waals surface area (Å²) in [6.07, 6.45) is 0.894. The number of carbonyl (C=O) groups excluding carboxylic acids is 1. The molecule has 0 aliphatic heterocycles. The van der Waals surface area contributed by atoms with Gasteiger partial charge in [0.25, 0.3) is 5.91 Å². The average molecular weight is 348 g/mol. The van der Waals surface area contributed by atoms with E-state index in [2.05, 4.69) is 24.1 Å². The van der Waals surface area contributed by atoms with Gasteiger partial charge in [-0.15, -0.1) is 11.3 Å². The second kappa shape index (κ2) is 8.15. The van der Waals surface area contributed by atoms with Gasteiger partial charge in [-0.1, -0.05) is 13.8 Å². The molecule has 0 spiro atoms. The first kappa shape index (κ1) is 18.3. The molecular formula is C18H24N2O3S. The monoisotopic (exact) mass is 348 g/mol. The molecule has 0 bridgehead atoms. The Hall–Kier alpha value is -2.08. The van der Waals surface area contributed by atoms with E-state index in [1.165, 1.54) is 11.3 Å². The molecule has 1 heterocycles. The minimum atomic E-state index is -0.0992. The van der Waals surface area contributed by atoms with E-state index in [0.717, 1.165) is 28.4 Å². The number of amides is 1. The van der Waals surface area contributed by atoms with Crippen LogP contribution in [-0.2, 0) is 13.0 Å². The zero-order valence-electron chi connectivity index (χ0n) is 14.8. The molecule has 0 saturated heterocycles. The van der Waals surface area contributed by atoms with Gasteiger partial charge in [0.1, 0.15) is 16.4 Å². The fourth-order valence-electron chi connectivity index (χ4n) is 2.35. The molecule has 0 unspecified atom stereocenters. The summed E-state index contributed by atoms with van der Waals surface area (Å²) in [5, 5.41) is 3.95. The third-order valence-electron chi connectivity index (χ3n) is 3.56. The number of carbonyl (C=O) groups is 1. The largest absolute Gasteiger partial charge is 0.497 e. The van der Waals surface area contributed by atoms with Gasteiger partial charge in [0.2, 0.25) is 0 Å². The molecule has 2 aromatic rings. The zero-order valence-corrected chi connectivity index (χ0v) is 15.6. The van der Waals surface area contributed by atoms with Crippen molar-refractivity contribution >= 4 is 17.2 Å². The van der Waals surface area contributed by atoms with E-state index in [1.807, 2.05) is 19.1 Å². The van der Waals surface area contributed by atoms with Crippen LogP contribution in [0.3, 0.4) is 0 Å². The van der Waals surface area contributed by atoms with E-state index in [9.17, 15) is 4.79 Å². The normalized spacial score (nSPS) is 10.8. The van der Waals surface area contributed by atoms with Crippen molar-refractivity contribution in [3.8, 4) is 11.5 Å². The van der Waals surface area contributed by atoms with E-state index >= 15 is 0 Å². The molecule has 0 saturated carbocycles. The molecular weight excluding hydrogens is 324 g/mol. The van der Waals surface area contributed by atoms with Gasteiger partial charge in [-0.25, -0.2) is 4.98 Å². The predicted octanol–water partition coefficient (Wildman–Crippen LogP) is 3.60. The van der Waals surface area contributed by atoms with Crippen molar-refractivity contribution in [1.29, 1.82) is 0 Å². The summed E-state index contributed by atoms with van der Waals surface area (Å²) in [7, 11) is 3.21. The van der Waals surface area contributed by atoms with Gasteiger partial charge >= 0.3 is 0 Å². The summed E-state index contributed by atoms with van der Waals surface area (Å²) in [4.78, 5) is 17.6. The lowest BCUT2D eigenvalue weighted by Crippen LogP contribution is -2.22. The number of nitrogens with zero attached hydrogens (tertiary/aromatic N) is 1. The smallest absolute Gasteiger partial charge is 0.263 e. The van der Waals surface area contributed by atoms with Gasteiger partial charge in [-0.05, 0) is 25.0 Å². The molecule has 0 atom stereocenters. The number of nitrogens with one attached hydrogen (secondary N) is 1. The van der Waals surface area contributed by atoms with Crippen LogP contribution in [0.2, 0.25) is 0 Å². The highest BCUT2D eigenvalue weighted by molar-refractivity contribution is 7.13. The highest BCUT2D eigenvalue weighted by atomic mass is 32.1. The van der Waals surface area contributed by atoms with Crippen molar-refractivity contribution in [2.75, 3.05) is 14.2 Å². The number of hydrogen-bond acceptors (Lipinski definition) is 5. The number of thiazole rings is 1. The summed E-state index contributed by atoms with van der Waals surface area (Å²) in [6.45, 7) is 6.56. The Kier molecular flexibility index (Phi) is 6.20. The Bertz CT molecular complexity index is 710. The molecule has 5 nitrogen and oxygen atoms in total. The summed E-state index contributed by atoms with van der Waals surface area (Å²) >= 11 is 1.47. The minimum absolute atomic E-state index is 0.0992. The Morgan fingerprint density at radius 2 is 2.04 bits per heavy atom. The maximum atomic E-state index is 12.5. The first-order chi connectivity index (χ1) is 11.4. The SMILES string of the molecule is COc1ccc(CNC(=O)c2sc(CC(C)C)nc2C)c(OC)c1. The summed E-state index contributed by atoms with van der Waals surface area (Å²) in [6, 6.07) is 5.55. The molecule has 1 aromatic carbocycles. The first-order valence-corrected chi connectivity index (χ1v) is 8.71. The van der Waals surface area contributed by atoms with Crippen molar-refractivity contribution in [3.63, 3.8) is 0 Å². The Morgan fingerprint density at radius 3 is 2.67 bits per heavy atom. The molecule has 2 rings (SSSR count). The predicted molar refractivity (Wildman–Crippen MR) is 96.1 cm³/mol. The van der Waals surface area contributed by atoms with Gasteiger partial charge in [-0.3, -0.25) is 4.79 Å². The van der Waals surface area contributed by atoms with Crippen LogP contribution in [0.1, 0.15) is 39.8 Å². The van der Waals surface area contributed by atoms with Crippen LogP contribution in [0.5, 0.6) is 11.5 Å². The number of methoxy groups -OCH3 is 2. The van der Waals surface area contributed by atoms with E-state index in [4.69, 9.17) is 9.47 Å². The fraction of sp³-hybridized carbons (Fsp3) is 0.444. The number of rotatable bonds is 7. The third kappa shape index (κ3) is 4.47. The number of benzene rings is 1. The molecule has 6 heteroatoms. The molecule has 24 heavy (non-hydrogen) atoms. The lowest BCUT2D eigenvalue weighted by atomic mass is 10.1. The first-order valence-electron chi connectivity index (χ1n) is 7.90. The fourth-order valence-corrected chi connectivity index (χ4v) is 3.55. The van der Waals surface area contributed by atoms with E-state index in [-0.39, 0.29) is 5.91 Å². The second-order valence-corrected chi connectivity index (χ2v) is 7.06. The van der Waals surface area contributed by atoms with Gasteiger partial charge in [0.05, 0.1) is 24.9 Å². The van der Waals surface area contributed by atoms with E-state index in [1.54, 1.807) is 20.3 Å². The molecule has 1 N–H and O–H groups in total. The Morgan fingerprint density at radius 1 is 1.29 bits per heavy atom. The molecule has 0 fully saturated rings. The third-order valence-corrected chi connectivity index (χ3v) is 4.74. The lowest BCUT2D eigenvalue weighted by Gasteiger charge is -2.11. The maximum absolute atomic E-state index is 12.5. The number of aromatic nitrogens is 1. The minimum Gasteiger partial charge on any atom is -0.497 e. The van der Waals surface area contributed by atoms with Crippen LogP contribution in [0, 0.1) is 12.8 Å². The molecule has 0 aliphatic carbocycles. The van der Waals surface area contributed by atoms with Crippen molar-refractivity contribution < 1.29 is 14.3 Å². The van der Waals surface area contributed by atoms with Crippen LogP contribution in [-0.4, -0.2) is 25.1 Å². The van der Waals surface area contributed by atoms with Crippen molar-refractivity contribution in [1.82, 2.24) is 10.3 Å². The molecule has 130 valence electrons. The van der Waals surface area contributed by atoms with Gasteiger partial charge in [0.15, 0.2) is 0 Å². The van der Waals surface area contributed by atoms with Crippen molar-refractivity contribution in [2.24, 2.45) is 5.92 Å². The Labute approximate surface area is 147 Å². The van der Waals surface area contributed by atoms with Crippen molar-refractivity contribution in [3.05, 3.63) is 39.3 Å². The van der Waals surface area contributed by atoms with E-state index in [0.29, 0.717) is 23.1 Å². The number of hydrogen-bond donors (Lipinski definition) is 1. The van der Waals surface area contributed by atoms with Crippen molar-refractivity contribution in [2.45, 2.75) is 33.7 Å². The highest BCUT2D eigenvalue weighted by Gasteiger charge is 2.16. The number of ether oxygens (including phenoxy) is 2. The van der Waals surface area contributed by atoms with Crippen LogP contribution in [0.15, 0.2) is 18.2 Å². The second-order valence-electron chi connectivity index (χ2n) is 5.98. The lowest BCUT2D eigenvalue weighted by molar-refractivity contribution is 0.0954. The molecule has 0 radical (unpaired) electrons. The van der Waals surface area contributed by atoms with Crippen LogP contribution in [0.25, 0.3) is 0 Å². The van der Waals surface area contributed by atoms with Crippen LogP contribution >= 0.6 is 11.3 Å². The quantitative estimate of drug-likeness (QED) is 0.830. The van der Waals surface area contributed by atoms with Crippen LogP contribution < -0.4 is 14.8 Å². The molecule has 0 aliphatic rings. The molecule has 1 amide bonds. The zero-order chi connectivity index (χ0) is 17.7. The van der Waals surface area contributed by atoms with Gasteiger partial charge in [-0.2, -0.15) is 0 Å². The average Bonchev–Trinajstić information content (AvgIpc) is 2.92. The molecule has 1 aromatic heterocycles. The summed E-state index contributed by atoms with van der Waals surface area (Å²) < 4.78 is 10.5. The highest BCUT2D eigenvalue weighted by Crippen LogP contribution is 2.25. The maximum Gasteiger partial charge on any atom is 0.263 e. The summed E-state index contributed by atoms with van der Waals surface area (Å²) in [5.74, 6) is 1.84. The van der Waals surface area contributed by atoms with Gasteiger partial charge < -0.3 is 14.8 Å². The topological polar surface area (TPSA) is 60.5 Å². The number of aryl methyl sites for hydroxylation is 1. The Balaban J connectivity index is 2.07. The van der Waals surface area contributed by atoms with Crippen LogP contribution in [0.4, 0.5) is 0 Å². The standard InChI is InChI=1S/C18H24N2O3S/c1-11(2)8-16-20-12(3)17(24-16)18(21)19-10-13-6-7-14(22-4)9-15(13)23-5/h6-7,9,11H,8,10H2,1-5H3,(H,19,21). The van der Waals surface area contributed by atoms with Gasteiger partial charge in [0, 0.05) is 24.6 Å².